The number of nitrogens with zero attached hydrogens (tertiary/aromatic N) is 1. The van der Waals surface area contributed by atoms with E-state index in [1.165, 1.54) is 5.57 Å². The van der Waals surface area contributed by atoms with E-state index in [4.69, 9.17) is 5.53 Å². The highest BCUT2D eigenvalue weighted by Gasteiger charge is 2.03. The summed E-state index contributed by atoms with van der Waals surface area (Å²) in [6, 6.07) is 0. The second kappa shape index (κ2) is 4.65. The van der Waals surface area contributed by atoms with Gasteiger partial charge in [-0.2, -0.15) is 5.11 Å². The summed E-state index contributed by atoms with van der Waals surface area (Å²) < 4.78 is 0. The Morgan fingerprint density at radius 3 is 2.08 bits per heavy atom. The molecule has 1 N–H and O–H groups in total. The van der Waals surface area contributed by atoms with Gasteiger partial charge in [-0.25, -0.2) is 5.53 Å². The molecule has 0 aromatic carbocycles. The van der Waals surface area contributed by atoms with E-state index < -0.39 is 0 Å². The summed E-state index contributed by atoms with van der Waals surface area (Å²) in [5, 5.41) is 3.32. The summed E-state index contributed by atoms with van der Waals surface area (Å²) in [6.07, 6.45) is 1.93. The lowest BCUT2D eigenvalue weighted by molar-refractivity contribution is 1.06. The Morgan fingerprint density at radius 1 is 1.33 bits per heavy atom. The zero-order valence-corrected chi connectivity index (χ0v) is 8.23. The average Bonchev–Trinajstić information content (AvgIpc) is 2.05. The Kier molecular flexibility index (Phi) is 4.19. The van der Waals surface area contributed by atoms with Crippen molar-refractivity contribution < 1.29 is 0 Å². The van der Waals surface area contributed by atoms with Gasteiger partial charge in [-0.05, 0) is 38.8 Å². The zero-order chi connectivity index (χ0) is 9.72. The van der Waals surface area contributed by atoms with Crippen LogP contribution in [0.5, 0.6) is 0 Å². The summed E-state index contributed by atoms with van der Waals surface area (Å²) in [4.78, 5) is 0. The molecule has 0 spiro atoms. The van der Waals surface area contributed by atoms with E-state index in [1.807, 2.05) is 33.8 Å². The molecule has 0 bridgehead atoms. The summed E-state index contributed by atoms with van der Waals surface area (Å²) in [5.41, 5.74) is 10.7. The van der Waals surface area contributed by atoms with Crippen LogP contribution in [-0.4, -0.2) is 0 Å². The van der Waals surface area contributed by atoms with Crippen LogP contribution in [0.1, 0.15) is 27.7 Å². The Labute approximate surface area is 74.2 Å². The van der Waals surface area contributed by atoms with Gasteiger partial charge >= 0.3 is 0 Å². The molecule has 66 valence electrons. The predicted octanol–water partition coefficient (Wildman–Crippen LogP) is 3.83. The van der Waals surface area contributed by atoms with Crippen LogP contribution >= 0.6 is 0 Å². The molecule has 2 nitrogen and oxygen atoms in total. The van der Waals surface area contributed by atoms with Crippen LogP contribution in [0.4, 0.5) is 0 Å². The summed E-state index contributed by atoms with van der Waals surface area (Å²) in [5.74, 6) is 0. The van der Waals surface area contributed by atoms with Crippen molar-refractivity contribution in [2.45, 2.75) is 27.7 Å². The van der Waals surface area contributed by atoms with Crippen LogP contribution in [-0.2, 0) is 0 Å². The maximum absolute atomic E-state index is 6.84. The fourth-order valence-corrected chi connectivity index (χ4v) is 0.929. The van der Waals surface area contributed by atoms with E-state index in [0.717, 1.165) is 11.1 Å². The van der Waals surface area contributed by atoms with Crippen molar-refractivity contribution in [3.63, 3.8) is 0 Å². The number of allylic oxidation sites excluding steroid dienone is 3. The molecule has 0 unspecified atom stereocenters. The van der Waals surface area contributed by atoms with E-state index in [1.54, 1.807) is 0 Å². The standard InChI is InChI=1S/C10H16N2/c1-6-10(9(5)12-11)8(4)7(2)3/h6,11H,5H2,1-4H3/b10-6-,12-11?. The van der Waals surface area contributed by atoms with Crippen molar-refractivity contribution in [3.8, 4) is 0 Å². The Morgan fingerprint density at radius 2 is 1.83 bits per heavy atom. The number of nitrogens with one attached hydrogen (secondary N) is 1. The summed E-state index contributed by atoms with van der Waals surface area (Å²) in [6.45, 7) is 11.7. The fourth-order valence-electron chi connectivity index (χ4n) is 0.929. The highest BCUT2D eigenvalue weighted by atomic mass is 15.0. The average molecular weight is 164 g/mol. The summed E-state index contributed by atoms with van der Waals surface area (Å²) in [7, 11) is 0. The van der Waals surface area contributed by atoms with Gasteiger partial charge in [0.15, 0.2) is 0 Å². The molecule has 0 aromatic rings. The van der Waals surface area contributed by atoms with Gasteiger partial charge in [0.2, 0.25) is 0 Å². The van der Waals surface area contributed by atoms with Crippen molar-refractivity contribution in [3.05, 3.63) is 35.1 Å². The molecule has 12 heavy (non-hydrogen) atoms. The van der Waals surface area contributed by atoms with E-state index in [2.05, 4.69) is 11.7 Å². The maximum atomic E-state index is 6.84. The van der Waals surface area contributed by atoms with Crippen LogP contribution in [0, 0.1) is 5.53 Å². The van der Waals surface area contributed by atoms with Crippen molar-refractivity contribution in [2.75, 3.05) is 0 Å². The minimum Gasteiger partial charge on any atom is -0.204 e. The molecule has 0 aliphatic carbocycles. The SMILES string of the molecule is C=C(N=N)/C(=C\C)C(C)=C(C)C. The molecule has 2 heteroatoms. The quantitative estimate of drug-likeness (QED) is 0.486. The molecule has 0 heterocycles. The zero-order valence-electron chi connectivity index (χ0n) is 8.23. The third-order valence-corrected chi connectivity index (χ3v) is 1.89. The van der Waals surface area contributed by atoms with Gasteiger partial charge in [-0.15, -0.1) is 0 Å². The minimum atomic E-state index is 0.524. The lowest BCUT2D eigenvalue weighted by Gasteiger charge is -2.07. The normalized spacial score (nSPS) is 10.8. The molecular weight excluding hydrogens is 148 g/mol. The molecule has 0 saturated carbocycles. The number of rotatable bonds is 3. The molecule has 0 saturated heterocycles. The molecule has 0 fully saturated rings. The van der Waals surface area contributed by atoms with Crippen LogP contribution < -0.4 is 0 Å². The van der Waals surface area contributed by atoms with E-state index in [9.17, 15) is 0 Å². The Hall–Kier alpha value is -1.18. The third kappa shape index (κ3) is 2.46. The van der Waals surface area contributed by atoms with Gasteiger partial charge in [0.05, 0.1) is 5.70 Å². The molecule has 0 radical (unpaired) electrons. The van der Waals surface area contributed by atoms with Crippen molar-refractivity contribution in [1.29, 1.82) is 5.53 Å². The molecule has 0 rings (SSSR count). The second-order valence-electron chi connectivity index (χ2n) is 2.89. The van der Waals surface area contributed by atoms with Crippen LogP contribution in [0.15, 0.2) is 40.2 Å². The number of hydrogen-bond donors (Lipinski definition) is 1. The van der Waals surface area contributed by atoms with E-state index in [0.29, 0.717) is 5.70 Å². The topological polar surface area (TPSA) is 36.2 Å². The minimum absolute atomic E-state index is 0.524. The molecule has 0 aromatic heterocycles. The largest absolute Gasteiger partial charge is 0.204 e. The summed E-state index contributed by atoms with van der Waals surface area (Å²) >= 11 is 0. The Bertz CT molecular complexity index is 253. The van der Waals surface area contributed by atoms with Crippen molar-refractivity contribution in [2.24, 2.45) is 5.11 Å². The Balaban J connectivity index is 4.97. The fraction of sp³-hybridized carbons (Fsp3) is 0.400. The first-order valence-electron chi connectivity index (χ1n) is 3.92. The smallest absolute Gasteiger partial charge is 0.0849 e. The van der Waals surface area contributed by atoms with Crippen molar-refractivity contribution in [1.82, 2.24) is 0 Å². The highest BCUT2D eigenvalue weighted by Crippen LogP contribution is 2.21. The molecule has 0 amide bonds. The van der Waals surface area contributed by atoms with Crippen molar-refractivity contribution >= 4 is 0 Å². The van der Waals surface area contributed by atoms with Gasteiger partial charge in [-0.3, -0.25) is 0 Å². The first-order valence-corrected chi connectivity index (χ1v) is 3.92. The van der Waals surface area contributed by atoms with Gasteiger partial charge in [0.25, 0.3) is 0 Å². The van der Waals surface area contributed by atoms with Crippen LogP contribution in [0.25, 0.3) is 0 Å². The molecule has 0 aliphatic heterocycles. The molecular formula is C10H16N2. The second-order valence-corrected chi connectivity index (χ2v) is 2.89. The molecule has 0 atom stereocenters. The maximum Gasteiger partial charge on any atom is 0.0849 e. The first-order chi connectivity index (χ1) is 5.54. The van der Waals surface area contributed by atoms with Gasteiger partial charge in [0.1, 0.15) is 0 Å². The lowest BCUT2D eigenvalue weighted by atomic mass is 10.0. The number of hydrogen-bond acceptors (Lipinski definition) is 2. The molecule has 0 aliphatic rings. The highest BCUT2D eigenvalue weighted by molar-refractivity contribution is 5.44. The van der Waals surface area contributed by atoms with E-state index in [-0.39, 0.29) is 0 Å². The third-order valence-electron chi connectivity index (χ3n) is 1.89. The lowest BCUT2D eigenvalue weighted by Crippen LogP contribution is -1.89. The van der Waals surface area contributed by atoms with Gasteiger partial charge in [-0.1, -0.05) is 18.2 Å². The first kappa shape index (κ1) is 10.8. The van der Waals surface area contributed by atoms with Gasteiger partial charge < -0.3 is 0 Å². The van der Waals surface area contributed by atoms with E-state index >= 15 is 0 Å². The monoisotopic (exact) mass is 164 g/mol. The van der Waals surface area contributed by atoms with Crippen LogP contribution in [0.3, 0.4) is 0 Å². The van der Waals surface area contributed by atoms with Crippen LogP contribution in [0.2, 0.25) is 0 Å². The van der Waals surface area contributed by atoms with Gasteiger partial charge in [0, 0.05) is 0 Å². The predicted molar refractivity (Wildman–Crippen MR) is 52.1 cm³/mol.